The molecule has 1 aromatic rings. The summed E-state index contributed by atoms with van der Waals surface area (Å²) >= 11 is 0. The van der Waals surface area contributed by atoms with Gasteiger partial charge in [-0.05, 0) is 31.2 Å². The van der Waals surface area contributed by atoms with E-state index >= 15 is 0 Å². The molecule has 0 saturated carbocycles. The van der Waals surface area contributed by atoms with Gasteiger partial charge in [-0.25, -0.2) is 0 Å². The second-order valence-electron chi connectivity index (χ2n) is 6.02. The van der Waals surface area contributed by atoms with Crippen LogP contribution in [0.5, 0.6) is 0 Å². The van der Waals surface area contributed by atoms with Crippen molar-refractivity contribution in [2.45, 2.75) is 39.2 Å². The maximum Gasteiger partial charge on any atom is 0.306 e. The van der Waals surface area contributed by atoms with Gasteiger partial charge in [-0.2, -0.15) is 0 Å². The molecule has 1 amide bonds. The number of hydrogen-bond donors (Lipinski definition) is 1. The topological polar surface area (TPSA) is 57.6 Å². The molecule has 1 aromatic carbocycles. The molecule has 0 aromatic heterocycles. The lowest BCUT2D eigenvalue weighted by Crippen LogP contribution is -2.28. The maximum atomic E-state index is 12.2. The summed E-state index contributed by atoms with van der Waals surface area (Å²) < 4.78 is 0. The second kappa shape index (κ2) is 6.74. The minimum absolute atomic E-state index is 0.0839. The van der Waals surface area contributed by atoms with Crippen LogP contribution in [0, 0.1) is 11.8 Å². The van der Waals surface area contributed by atoms with Crippen molar-refractivity contribution >= 4 is 11.9 Å². The molecule has 0 bridgehead atoms. The number of aliphatic carboxylic acids is 1. The van der Waals surface area contributed by atoms with E-state index in [1.165, 1.54) is 0 Å². The van der Waals surface area contributed by atoms with Gasteiger partial charge in [0.1, 0.15) is 0 Å². The Hall–Kier alpha value is -1.84. The Balaban J connectivity index is 1.92. The van der Waals surface area contributed by atoms with Crippen molar-refractivity contribution in [1.29, 1.82) is 0 Å². The predicted molar refractivity (Wildman–Crippen MR) is 80.7 cm³/mol. The molecule has 0 spiro atoms. The summed E-state index contributed by atoms with van der Waals surface area (Å²) in [6.45, 7) is 4.51. The highest BCUT2D eigenvalue weighted by Gasteiger charge is 2.33. The van der Waals surface area contributed by atoms with Crippen LogP contribution in [0.4, 0.5) is 0 Å². The molecule has 1 fully saturated rings. The number of benzene rings is 1. The number of carbonyl (C=O) groups is 2. The highest BCUT2D eigenvalue weighted by molar-refractivity contribution is 5.79. The Morgan fingerprint density at radius 3 is 2.62 bits per heavy atom. The van der Waals surface area contributed by atoms with Crippen molar-refractivity contribution < 1.29 is 14.7 Å². The fourth-order valence-electron chi connectivity index (χ4n) is 2.90. The van der Waals surface area contributed by atoms with E-state index in [-0.39, 0.29) is 23.8 Å². The Labute approximate surface area is 125 Å². The van der Waals surface area contributed by atoms with Crippen molar-refractivity contribution in [1.82, 2.24) is 4.90 Å². The summed E-state index contributed by atoms with van der Waals surface area (Å²) in [6.07, 6.45) is 1.99. The van der Waals surface area contributed by atoms with Crippen LogP contribution in [0.3, 0.4) is 0 Å². The van der Waals surface area contributed by atoms with Gasteiger partial charge < -0.3 is 10.0 Å². The van der Waals surface area contributed by atoms with Gasteiger partial charge in [0, 0.05) is 13.0 Å². The number of carboxylic acid groups (broad SMARTS) is 1. The normalized spacial score (nSPS) is 21.3. The molecule has 2 rings (SSSR count). The van der Waals surface area contributed by atoms with E-state index in [2.05, 4.69) is 6.92 Å². The highest BCUT2D eigenvalue weighted by Crippen LogP contribution is 2.31. The summed E-state index contributed by atoms with van der Waals surface area (Å²) in [5.41, 5.74) is 1.14. The molecule has 1 unspecified atom stereocenters. The van der Waals surface area contributed by atoms with Crippen LogP contribution in [0.2, 0.25) is 0 Å². The van der Waals surface area contributed by atoms with Gasteiger partial charge in [0.2, 0.25) is 5.91 Å². The lowest BCUT2D eigenvalue weighted by Gasteiger charge is -2.25. The first-order valence-corrected chi connectivity index (χ1v) is 7.56. The first-order chi connectivity index (χ1) is 9.99. The molecule has 1 aliphatic rings. The van der Waals surface area contributed by atoms with Gasteiger partial charge in [0.05, 0.1) is 12.0 Å². The first-order valence-electron chi connectivity index (χ1n) is 7.56. The number of hydrogen-bond acceptors (Lipinski definition) is 2. The monoisotopic (exact) mass is 289 g/mol. The fourth-order valence-corrected chi connectivity index (χ4v) is 2.90. The standard InChI is InChI=1S/C17H23NO3/c1-12(17(20)21)8-9-14-10-16(19)18(11-14)13(2)15-6-4-3-5-7-15/h3-7,12-14H,8-11H2,1-2H3,(H,20,21)/t12?,13-,14-/m0/s1. The number of nitrogens with zero attached hydrogens (tertiary/aromatic N) is 1. The first kappa shape index (κ1) is 15.5. The third kappa shape index (κ3) is 3.84. The van der Waals surface area contributed by atoms with Gasteiger partial charge in [0.25, 0.3) is 0 Å². The minimum atomic E-state index is -0.756. The van der Waals surface area contributed by atoms with Crippen LogP contribution in [-0.2, 0) is 9.59 Å². The lowest BCUT2D eigenvalue weighted by atomic mass is 9.96. The van der Waals surface area contributed by atoms with Gasteiger partial charge in [-0.3, -0.25) is 9.59 Å². The average molecular weight is 289 g/mol. The molecule has 4 heteroatoms. The third-order valence-electron chi connectivity index (χ3n) is 4.42. The van der Waals surface area contributed by atoms with E-state index in [1.807, 2.05) is 35.2 Å². The third-order valence-corrected chi connectivity index (χ3v) is 4.42. The predicted octanol–water partition coefficient (Wildman–Crippen LogP) is 3.10. The van der Waals surface area contributed by atoms with E-state index in [9.17, 15) is 9.59 Å². The number of carbonyl (C=O) groups excluding carboxylic acids is 1. The second-order valence-corrected chi connectivity index (χ2v) is 6.02. The Morgan fingerprint density at radius 1 is 1.33 bits per heavy atom. The van der Waals surface area contributed by atoms with E-state index in [1.54, 1.807) is 6.92 Å². The average Bonchev–Trinajstić information content (AvgIpc) is 2.85. The van der Waals surface area contributed by atoms with Crippen LogP contribution in [0.25, 0.3) is 0 Å². The van der Waals surface area contributed by atoms with Crippen LogP contribution in [0.15, 0.2) is 30.3 Å². The van der Waals surface area contributed by atoms with E-state index in [0.717, 1.165) is 18.5 Å². The molecule has 0 aliphatic carbocycles. The Morgan fingerprint density at radius 2 is 2.00 bits per heavy atom. The highest BCUT2D eigenvalue weighted by atomic mass is 16.4. The van der Waals surface area contributed by atoms with Crippen molar-refractivity contribution in [2.24, 2.45) is 11.8 Å². The molecule has 1 saturated heterocycles. The van der Waals surface area contributed by atoms with Crippen molar-refractivity contribution in [3.8, 4) is 0 Å². The zero-order valence-corrected chi connectivity index (χ0v) is 12.7. The van der Waals surface area contributed by atoms with Gasteiger partial charge >= 0.3 is 5.97 Å². The number of amides is 1. The quantitative estimate of drug-likeness (QED) is 0.875. The fraction of sp³-hybridized carbons (Fsp3) is 0.529. The number of carboxylic acids is 1. The van der Waals surface area contributed by atoms with Crippen LogP contribution in [-0.4, -0.2) is 28.4 Å². The van der Waals surface area contributed by atoms with Crippen LogP contribution in [0.1, 0.15) is 44.7 Å². The summed E-state index contributed by atoms with van der Waals surface area (Å²) in [5.74, 6) is -0.626. The molecule has 21 heavy (non-hydrogen) atoms. The summed E-state index contributed by atoms with van der Waals surface area (Å²) in [5, 5.41) is 8.92. The molecular formula is C17H23NO3. The van der Waals surface area contributed by atoms with E-state index in [0.29, 0.717) is 12.8 Å². The lowest BCUT2D eigenvalue weighted by molar-refractivity contribution is -0.141. The van der Waals surface area contributed by atoms with Crippen LogP contribution < -0.4 is 0 Å². The van der Waals surface area contributed by atoms with Crippen molar-refractivity contribution in [2.75, 3.05) is 6.54 Å². The maximum absolute atomic E-state index is 12.2. The Bertz CT molecular complexity index is 500. The Kier molecular flexibility index (Phi) is 4.99. The van der Waals surface area contributed by atoms with Gasteiger partial charge in [-0.15, -0.1) is 0 Å². The molecule has 3 atom stereocenters. The zero-order valence-electron chi connectivity index (χ0n) is 12.7. The number of rotatable bonds is 6. The van der Waals surface area contributed by atoms with E-state index < -0.39 is 5.97 Å². The summed E-state index contributed by atoms with van der Waals surface area (Å²) in [4.78, 5) is 25.0. The molecule has 1 heterocycles. The molecule has 0 radical (unpaired) electrons. The van der Waals surface area contributed by atoms with Gasteiger partial charge in [-0.1, -0.05) is 37.3 Å². The number of likely N-dealkylation sites (tertiary alicyclic amines) is 1. The van der Waals surface area contributed by atoms with E-state index in [4.69, 9.17) is 5.11 Å². The largest absolute Gasteiger partial charge is 0.481 e. The molecule has 114 valence electrons. The molecule has 1 aliphatic heterocycles. The van der Waals surface area contributed by atoms with Crippen molar-refractivity contribution in [3.05, 3.63) is 35.9 Å². The SMILES string of the molecule is CC(CC[C@H]1CC(=O)N([C@@H](C)c2ccccc2)C1)C(=O)O. The smallest absolute Gasteiger partial charge is 0.306 e. The summed E-state index contributed by atoms with van der Waals surface area (Å²) in [6, 6.07) is 10.1. The minimum Gasteiger partial charge on any atom is -0.481 e. The molecule has 1 N–H and O–H groups in total. The zero-order chi connectivity index (χ0) is 15.4. The van der Waals surface area contributed by atoms with Crippen molar-refractivity contribution in [3.63, 3.8) is 0 Å². The van der Waals surface area contributed by atoms with Crippen LogP contribution >= 0.6 is 0 Å². The van der Waals surface area contributed by atoms with Gasteiger partial charge in [0.15, 0.2) is 0 Å². The molecular weight excluding hydrogens is 266 g/mol. The summed E-state index contributed by atoms with van der Waals surface area (Å²) in [7, 11) is 0. The molecule has 4 nitrogen and oxygen atoms in total.